The lowest BCUT2D eigenvalue weighted by atomic mass is 9.87. The SMILES string of the molecule is C#Cc1nc2c(nc1C#N)c1nc(C#N)c(C#N)nc1c1nc(C#N)c(C#N)nc21.[C-]#[N+]/C(C#N)=c1/c(C)c(F)/c(=C(\C#N)[N+]#[C-])c(F)c1F.[C-]#[N+]/N=C1/C(C)=C(F)C(=NC#N)C(Cl)=C1F.[C-]#[N+]/N=C1/C(F)=C(C)C(=NC#N)c2c(F)c(F)c(F)c(F)c21.[C-]#[N+]/N=C1/C=C(C)C(=NC#N)C=C1Cl.[C-]#[N+]N=C1C(F)=C(F)C(=NC#N)C(F)=C1F. The number of fused-ring (bicyclic) bond motifs is 7. The summed E-state index contributed by atoms with van der Waals surface area (Å²) in [5, 5.41) is 107. The predicted molar refractivity (Wildman–Crippen MR) is 379 cm³/mol. The summed E-state index contributed by atoms with van der Waals surface area (Å²) in [4.78, 5) is 52.9. The van der Waals surface area contributed by atoms with Gasteiger partial charge in [-0.2, -0.15) is 93.6 Å². The average molecular weight is 1640 g/mol. The predicted octanol–water partition coefficient (Wildman–Crippen LogP) is 13.4. The monoisotopic (exact) mass is 1640 g/mol. The second-order valence-corrected chi connectivity index (χ2v) is 21.4. The van der Waals surface area contributed by atoms with Crippen LogP contribution < -0.4 is 10.4 Å². The minimum Gasteiger partial charge on any atom is -0.232 e. The van der Waals surface area contributed by atoms with Gasteiger partial charge in [-0.1, -0.05) is 23.2 Å². The lowest BCUT2D eigenvalue weighted by Crippen LogP contribution is -2.29. The maximum atomic E-state index is 14.1. The largest absolute Gasteiger partial charge is 0.274 e. The molecule has 31 nitrogen and oxygen atoms in total. The third kappa shape index (κ3) is 17.8. The molecule has 0 bridgehead atoms. The molecule has 0 aliphatic heterocycles. The molecule has 6 aromatic rings. The van der Waals surface area contributed by atoms with Crippen molar-refractivity contribution in [3.05, 3.63) is 251 Å². The van der Waals surface area contributed by atoms with E-state index in [2.05, 4.69) is 106 Å². The highest BCUT2D eigenvalue weighted by Gasteiger charge is 2.40. The molecule has 0 N–H and O–H groups in total. The molecule has 0 radical (unpaired) electrons. The second-order valence-electron chi connectivity index (χ2n) is 20.6. The number of aliphatic imine (C=N–C) groups is 4. The molecule has 0 spiro atoms. The summed E-state index contributed by atoms with van der Waals surface area (Å²) in [6.07, 6.45) is 13.8. The first-order chi connectivity index (χ1) is 56.2. The maximum Gasteiger partial charge on any atom is 0.274 e. The number of hydrogen-bond acceptors (Lipinski definition) is 25. The Kier molecular flexibility index (Phi) is 30.3. The van der Waals surface area contributed by atoms with Crippen molar-refractivity contribution in [2.45, 2.75) is 27.7 Å². The van der Waals surface area contributed by atoms with Gasteiger partial charge in [0.05, 0.1) is 78.5 Å². The van der Waals surface area contributed by atoms with E-state index in [-0.39, 0.29) is 72.8 Å². The van der Waals surface area contributed by atoms with Gasteiger partial charge < -0.3 is 0 Å². The van der Waals surface area contributed by atoms with Crippen molar-refractivity contribution in [1.29, 1.82) is 57.9 Å². The van der Waals surface area contributed by atoms with Gasteiger partial charge in [0.2, 0.25) is 30.5 Å². The highest BCUT2D eigenvalue weighted by atomic mass is 35.5. The Balaban J connectivity index is 0.000000258. The number of rotatable bonds is 0. The standard InChI is InChI=1S/C19HN11.C13H3F5N4.C13H3F3N4.C9H3ClF2N4.C9H5ClN4.C8F4N4/c1-2-8-9(3-20)26-15-14(25-8)16-18(29-11(5-22)10(4-21)27-16)19-17(15)28-12(6-23)13(7-24)30-19;1-4-7(14)13(22-20-2)6-5(12(4)21-3-19)8(15)10(17)11(18)9(6)16;1-6-9(7(4-17)19-2)12(15)13(16)10(11(6)14)8(5-18)20-3;1-4-6(11)9(15-3-13)5(10)7(12)8(4)16-14-2;1-6-3-9(14-12-2)7(10)4-8(6)13-5-11;1-14-16-8-5(11)3(9)7(15-2-13)4(10)6(8)12/h1H;1H3;1H3;1H3;3-4H,1H3;/b;21-12?,22-13+;9-7-,10-8-;15-9?,16-8-;13-8?,14-9-;. The third-order valence-corrected chi connectivity index (χ3v) is 15.0. The van der Waals surface area contributed by atoms with E-state index in [1.165, 1.54) is 37.5 Å². The lowest BCUT2D eigenvalue weighted by Gasteiger charge is -2.19. The van der Waals surface area contributed by atoms with Gasteiger partial charge in [-0.15, -0.1) is 26.2 Å². The molecule has 3 aromatic carbocycles. The van der Waals surface area contributed by atoms with Gasteiger partial charge in [-0.05, 0) is 56.9 Å². The summed E-state index contributed by atoms with van der Waals surface area (Å²) in [6, 6.07) is 11.5. The minimum atomic E-state index is -2.18. The van der Waals surface area contributed by atoms with E-state index in [1.54, 1.807) is 43.5 Å². The molecule has 4 aliphatic rings. The number of aromatic nitrogens is 6. The van der Waals surface area contributed by atoms with Crippen LogP contribution in [0.2, 0.25) is 0 Å². The van der Waals surface area contributed by atoms with Crippen LogP contribution in [0.1, 0.15) is 71.6 Å². The summed E-state index contributed by atoms with van der Waals surface area (Å²) in [7, 11) is 0. The summed E-state index contributed by atoms with van der Waals surface area (Å²) in [5.41, 5.74) is -10.0. The molecule has 3 heterocycles. The van der Waals surface area contributed by atoms with Crippen LogP contribution in [0.5, 0.6) is 0 Å². The Morgan fingerprint density at radius 3 is 1.09 bits per heavy atom. The van der Waals surface area contributed by atoms with Gasteiger partial charge in [0, 0.05) is 16.4 Å². The Morgan fingerprint density at radius 1 is 0.364 bits per heavy atom. The normalized spacial score (nSPS) is 15.4. The molecule has 4 aliphatic carbocycles. The average Bonchev–Trinajstić information content (AvgIpc) is 0.804. The Bertz CT molecular complexity index is 6230. The van der Waals surface area contributed by atoms with Gasteiger partial charge >= 0.3 is 0 Å². The molecule has 3 aromatic heterocycles. The molecule has 0 fully saturated rings. The number of terminal acetylenes is 1. The van der Waals surface area contributed by atoms with E-state index in [0.29, 0.717) is 16.5 Å². The Hall–Kier alpha value is -18.6. The van der Waals surface area contributed by atoms with Crippen molar-refractivity contribution < 1.29 is 61.5 Å². The number of nitrogens with zero attached hydrogens (tertiary/aromatic N) is 31. The van der Waals surface area contributed by atoms with E-state index < -0.39 is 165 Å². The van der Waals surface area contributed by atoms with Crippen LogP contribution in [0.4, 0.5) is 61.5 Å². The minimum absolute atomic E-state index is 0.00758. The Labute approximate surface area is 658 Å². The lowest BCUT2D eigenvalue weighted by molar-refractivity contribution is 0.407. The molecule has 0 saturated heterocycles. The van der Waals surface area contributed by atoms with E-state index in [1.807, 2.05) is 6.07 Å². The molecule has 118 heavy (non-hydrogen) atoms. The molecule has 10 rings (SSSR count). The quantitative estimate of drug-likeness (QED) is 0.0157. The first-order valence-corrected chi connectivity index (χ1v) is 30.1. The van der Waals surface area contributed by atoms with Gasteiger partial charge in [0.15, 0.2) is 127 Å². The highest BCUT2D eigenvalue weighted by Crippen LogP contribution is 2.37. The zero-order valence-electron chi connectivity index (χ0n) is 57.6. The van der Waals surface area contributed by atoms with Gasteiger partial charge in [-0.3, -0.25) is 0 Å². The summed E-state index contributed by atoms with van der Waals surface area (Å²) in [6.45, 7) is 44.2. The molecule has 0 atom stereocenters. The van der Waals surface area contributed by atoms with E-state index in [4.69, 9.17) is 101 Å². The molecule has 0 amide bonds. The van der Waals surface area contributed by atoms with Crippen LogP contribution in [0, 0.1) is 225 Å². The number of benzene rings is 3. The fourth-order valence-corrected chi connectivity index (χ4v) is 9.65. The molecule has 0 saturated carbocycles. The Morgan fingerprint density at radius 2 is 0.703 bits per heavy atom. The molecule has 47 heteroatoms. The van der Waals surface area contributed by atoms with Crippen LogP contribution in [0.25, 0.3) is 74.0 Å². The second kappa shape index (κ2) is 39.7. The van der Waals surface area contributed by atoms with Crippen molar-refractivity contribution in [1.82, 2.24) is 29.9 Å². The van der Waals surface area contributed by atoms with Crippen LogP contribution in [-0.2, 0) is 0 Å². The number of hydrogen-bond donors (Lipinski definition) is 0. The number of nitriles is 11. The van der Waals surface area contributed by atoms with E-state index in [0.717, 1.165) is 25.6 Å². The van der Waals surface area contributed by atoms with Crippen LogP contribution >= 0.6 is 23.2 Å². The molecule has 0 unspecified atom stereocenters. The number of halogens is 16. The van der Waals surface area contributed by atoms with Gasteiger partial charge in [-0.25, -0.2) is 112 Å². The zero-order valence-corrected chi connectivity index (χ0v) is 59.2. The first kappa shape index (κ1) is 90.1. The van der Waals surface area contributed by atoms with Crippen LogP contribution in [0.15, 0.2) is 120 Å². The molecular weight excluding hydrogens is 1620 g/mol. The van der Waals surface area contributed by atoms with Crippen molar-refractivity contribution >= 4 is 113 Å². The van der Waals surface area contributed by atoms with E-state index >= 15 is 0 Å². The highest BCUT2D eigenvalue weighted by molar-refractivity contribution is 6.50. The zero-order chi connectivity index (χ0) is 88.6. The van der Waals surface area contributed by atoms with Crippen molar-refractivity contribution in [3.8, 4) is 79.6 Å². The molecular formula is C71H15Cl2F14N31. The summed E-state index contributed by atoms with van der Waals surface area (Å²) < 4.78 is 190. The van der Waals surface area contributed by atoms with Crippen molar-refractivity contribution in [3.63, 3.8) is 0 Å². The van der Waals surface area contributed by atoms with E-state index in [9.17, 15) is 87.8 Å². The van der Waals surface area contributed by atoms with Gasteiger partial charge in [0.1, 0.15) is 85.7 Å². The first-order valence-electron chi connectivity index (χ1n) is 29.4. The summed E-state index contributed by atoms with van der Waals surface area (Å²) in [5.74, 6) is -21.4. The summed E-state index contributed by atoms with van der Waals surface area (Å²) >= 11 is 11.3. The van der Waals surface area contributed by atoms with Crippen molar-refractivity contribution in [2.75, 3.05) is 0 Å². The number of allylic oxidation sites excluding steroid dienone is 14. The van der Waals surface area contributed by atoms with Crippen LogP contribution in [-0.4, -0.2) is 75.6 Å². The van der Waals surface area contributed by atoms with Crippen LogP contribution in [0.3, 0.4) is 0 Å². The maximum absolute atomic E-state index is 14.1. The fourth-order valence-electron chi connectivity index (χ4n) is 9.24. The third-order valence-electron chi connectivity index (χ3n) is 14.4. The fraction of sp³-hybridized carbons (Fsp3) is 0.0563. The van der Waals surface area contributed by atoms with Gasteiger partial charge in [0.25, 0.3) is 11.4 Å². The van der Waals surface area contributed by atoms with Crippen molar-refractivity contribution in [2.24, 2.45) is 40.4 Å². The topological polar surface area (TPSA) is 464 Å². The molecule has 566 valence electrons. The smallest absolute Gasteiger partial charge is 0.232 e.